The van der Waals surface area contributed by atoms with Gasteiger partial charge in [0.05, 0.1) is 26.4 Å². The number of guanidine groups is 1. The topological polar surface area (TPSA) is 64.1 Å². The summed E-state index contributed by atoms with van der Waals surface area (Å²) in [5, 5.41) is 6.59. The fourth-order valence-corrected chi connectivity index (χ4v) is 2.90. The first-order chi connectivity index (χ1) is 14.2. The van der Waals surface area contributed by atoms with Crippen LogP contribution in [0.4, 0.5) is 10.1 Å². The van der Waals surface area contributed by atoms with Crippen molar-refractivity contribution in [1.82, 2.24) is 5.32 Å². The Morgan fingerprint density at radius 3 is 2.83 bits per heavy atom. The highest BCUT2D eigenvalue weighted by atomic mass is 19.1. The van der Waals surface area contributed by atoms with E-state index in [1.807, 2.05) is 31.2 Å². The molecular weight excluding hydrogens is 373 g/mol. The third kappa shape index (κ3) is 6.94. The minimum absolute atomic E-state index is 0.224. The summed E-state index contributed by atoms with van der Waals surface area (Å²) in [6, 6.07) is 12.4. The van der Waals surface area contributed by atoms with Gasteiger partial charge in [-0.05, 0) is 43.2 Å². The summed E-state index contributed by atoms with van der Waals surface area (Å²) < 4.78 is 30.2. The van der Waals surface area contributed by atoms with Gasteiger partial charge in [0.15, 0.2) is 17.5 Å². The van der Waals surface area contributed by atoms with Crippen LogP contribution in [-0.2, 0) is 11.2 Å². The van der Waals surface area contributed by atoms with Gasteiger partial charge in [0, 0.05) is 31.3 Å². The summed E-state index contributed by atoms with van der Waals surface area (Å²) in [6.07, 6.45) is 1.55. The summed E-state index contributed by atoms with van der Waals surface area (Å²) in [4.78, 5) is 4.56. The Kier molecular flexibility index (Phi) is 8.12. The molecule has 0 aliphatic carbocycles. The fraction of sp³-hybridized carbons (Fsp3) is 0.409. The standard InChI is InChI=1S/C22H28FN3O3/c1-2-27-14-11-25-22(24-10-9-17-5-3-6-18(23)15-17)26-19-7-8-20-21(16-19)29-13-4-12-28-20/h3,5-8,15-16H,2,4,9-14H2,1H3,(H2,24,25,26). The maximum atomic E-state index is 13.4. The predicted octanol–water partition coefficient (Wildman–Crippen LogP) is 3.62. The minimum Gasteiger partial charge on any atom is -0.490 e. The monoisotopic (exact) mass is 401 g/mol. The van der Waals surface area contributed by atoms with Crippen molar-refractivity contribution in [3.05, 3.63) is 53.8 Å². The van der Waals surface area contributed by atoms with Crippen LogP contribution in [0.5, 0.6) is 11.5 Å². The number of rotatable bonds is 8. The second-order valence-corrected chi connectivity index (χ2v) is 6.57. The van der Waals surface area contributed by atoms with Gasteiger partial charge in [-0.1, -0.05) is 12.1 Å². The number of aliphatic imine (C=N–C) groups is 1. The molecule has 156 valence electrons. The van der Waals surface area contributed by atoms with Gasteiger partial charge in [-0.3, -0.25) is 4.99 Å². The van der Waals surface area contributed by atoms with E-state index >= 15 is 0 Å². The fourth-order valence-electron chi connectivity index (χ4n) is 2.90. The highest BCUT2D eigenvalue weighted by molar-refractivity contribution is 5.94. The van der Waals surface area contributed by atoms with Crippen molar-refractivity contribution in [1.29, 1.82) is 0 Å². The smallest absolute Gasteiger partial charge is 0.195 e. The molecule has 2 N–H and O–H groups in total. The quantitative estimate of drug-likeness (QED) is 0.402. The maximum Gasteiger partial charge on any atom is 0.195 e. The summed E-state index contributed by atoms with van der Waals surface area (Å²) >= 11 is 0. The zero-order valence-corrected chi connectivity index (χ0v) is 16.7. The van der Waals surface area contributed by atoms with Gasteiger partial charge >= 0.3 is 0 Å². The van der Waals surface area contributed by atoms with Crippen molar-refractivity contribution in [2.75, 3.05) is 44.8 Å². The Labute approximate surface area is 171 Å². The zero-order chi connectivity index (χ0) is 20.3. The first kappa shape index (κ1) is 20.9. The molecule has 0 fully saturated rings. The zero-order valence-electron chi connectivity index (χ0n) is 16.7. The number of hydrogen-bond donors (Lipinski definition) is 2. The maximum absolute atomic E-state index is 13.4. The molecule has 0 atom stereocenters. The van der Waals surface area contributed by atoms with Gasteiger partial charge in [0.25, 0.3) is 0 Å². The molecule has 7 heteroatoms. The Bertz CT molecular complexity index is 814. The van der Waals surface area contributed by atoms with E-state index in [0.717, 1.165) is 29.2 Å². The number of hydrogen-bond acceptors (Lipinski definition) is 4. The molecule has 0 radical (unpaired) electrons. The number of benzene rings is 2. The highest BCUT2D eigenvalue weighted by Gasteiger charge is 2.11. The molecule has 29 heavy (non-hydrogen) atoms. The molecule has 0 saturated heterocycles. The molecule has 1 aliphatic rings. The summed E-state index contributed by atoms with van der Waals surface area (Å²) in [6.45, 7) is 5.62. The van der Waals surface area contributed by atoms with Crippen molar-refractivity contribution in [3.8, 4) is 11.5 Å². The van der Waals surface area contributed by atoms with Crippen LogP contribution in [0.1, 0.15) is 18.9 Å². The molecular formula is C22H28FN3O3. The van der Waals surface area contributed by atoms with E-state index in [9.17, 15) is 4.39 Å². The Hall–Kier alpha value is -2.80. The summed E-state index contributed by atoms with van der Waals surface area (Å²) in [7, 11) is 0. The van der Waals surface area contributed by atoms with Crippen LogP contribution < -0.4 is 20.1 Å². The number of ether oxygens (including phenoxy) is 3. The number of nitrogens with one attached hydrogen (secondary N) is 2. The molecule has 2 aromatic rings. The number of anilines is 1. The van der Waals surface area contributed by atoms with Gasteiger partial charge in [-0.25, -0.2) is 4.39 Å². The van der Waals surface area contributed by atoms with E-state index in [1.165, 1.54) is 6.07 Å². The molecule has 1 aliphatic heterocycles. The van der Waals surface area contributed by atoms with Crippen LogP contribution >= 0.6 is 0 Å². The molecule has 2 aromatic carbocycles. The van der Waals surface area contributed by atoms with Crippen molar-refractivity contribution in [3.63, 3.8) is 0 Å². The van der Waals surface area contributed by atoms with E-state index in [2.05, 4.69) is 15.6 Å². The lowest BCUT2D eigenvalue weighted by Gasteiger charge is -2.15. The molecule has 0 spiro atoms. The van der Waals surface area contributed by atoms with Crippen LogP contribution in [0.25, 0.3) is 0 Å². The molecule has 3 rings (SSSR count). The lowest BCUT2D eigenvalue weighted by atomic mass is 10.1. The average Bonchev–Trinajstić information content (AvgIpc) is 2.96. The van der Waals surface area contributed by atoms with Gasteiger partial charge in [-0.2, -0.15) is 0 Å². The molecule has 6 nitrogen and oxygen atoms in total. The lowest BCUT2D eigenvalue weighted by molar-refractivity contribution is 0.156. The van der Waals surface area contributed by atoms with Gasteiger partial charge in [-0.15, -0.1) is 0 Å². The molecule has 0 bridgehead atoms. The van der Waals surface area contributed by atoms with Gasteiger partial charge in [0.2, 0.25) is 0 Å². The average molecular weight is 401 g/mol. The largest absolute Gasteiger partial charge is 0.490 e. The molecule has 0 aromatic heterocycles. The second-order valence-electron chi connectivity index (χ2n) is 6.57. The van der Waals surface area contributed by atoms with Crippen LogP contribution in [0.2, 0.25) is 0 Å². The van der Waals surface area contributed by atoms with E-state index in [0.29, 0.717) is 51.9 Å². The highest BCUT2D eigenvalue weighted by Crippen LogP contribution is 2.32. The van der Waals surface area contributed by atoms with Crippen LogP contribution in [-0.4, -0.2) is 45.5 Å². The Morgan fingerprint density at radius 1 is 1.14 bits per heavy atom. The molecule has 0 amide bonds. The lowest BCUT2D eigenvalue weighted by Crippen LogP contribution is -2.33. The Morgan fingerprint density at radius 2 is 2.00 bits per heavy atom. The van der Waals surface area contributed by atoms with E-state index in [1.54, 1.807) is 12.1 Å². The third-order valence-electron chi connectivity index (χ3n) is 4.32. The third-order valence-corrected chi connectivity index (χ3v) is 4.32. The molecule has 1 heterocycles. The summed E-state index contributed by atoms with van der Waals surface area (Å²) in [5.74, 6) is 1.89. The summed E-state index contributed by atoms with van der Waals surface area (Å²) in [5.41, 5.74) is 1.78. The van der Waals surface area contributed by atoms with Crippen molar-refractivity contribution < 1.29 is 18.6 Å². The van der Waals surface area contributed by atoms with Crippen LogP contribution in [0, 0.1) is 5.82 Å². The van der Waals surface area contributed by atoms with E-state index < -0.39 is 0 Å². The minimum atomic E-state index is -0.224. The van der Waals surface area contributed by atoms with Crippen molar-refractivity contribution in [2.24, 2.45) is 4.99 Å². The van der Waals surface area contributed by atoms with Gasteiger partial charge < -0.3 is 24.8 Å². The Balaban J connectivity index is 1.62. The number of halogens is 1. The van der Waals surface area contributed by atoms with E-state index in [-0.39, 0.29) is 5.82 Å². The number of fused-ring (bicyclic) bond motifs is 1. The first-order valence-corrected chi connectivity index (χ1v) is 10.0. The molecule has 0 saturated carbocycles. The van der Waals surface area contributed by atoms with Crippen LogP contribution in [0.15, 0.2) is 47.5 Å². The molecule has 0 unspecified atom stereocenters. The van der Waals surface area contributed by atoms with E-state index in [4.69, 9.17) is 14.2 Å². The van der Waals surface area contributed by atoms with Crippen molar-refractivity contribution in [2.45, 2.75) is 19.8 Å². The van der Waals surface area contributed by atoms with Crippen LogP contribution in [0.3, 0.4) is 0 Å². The second kappa shape index (κ2) is 11.3. The normalized spacial score (nSPS) is 13.7. The number of nitrogens with zero attached hydrogens (tertiary/aromatic N) is 1. The van der Waals surface area contributed by atoms with Crippen molar-refractivity contribution >= 4 is 11.6 Å². The predicted molar refractivity (Wildman–Crippen MR) is 113 cm³/mol. The SMILES string of the molecule is CCOCCN=C(NCCc1cccc(F)c1)Nc1ccc2c(c1)OCCCO2. The first-order valence-electron chi connectivity index (χ1n) is 10.0. The van der Waals surface area contributed by atoms with Gasteiger partial charge in [0.1, 0.15) is 5.82 Å².